The van der Waals surface area contributed by atoms with E-state index >= 15 is 0 Å². The zero-order valence-corrected chi connectivity index (χ0v) is 11.7. The van der Waals surface area contributed by atoms with E-state index in [-0.39, 0.29) is 11.9 Å². The van der Waals surface area contributed by atoms with E-state index in [1.54, 1.807) is 17.4 Å². The van der Waals surface area contributed by atoms with Crippen LogP contribution < -0.4 is 5.32 Å². The number of nitrogens with one attached hydrogen (secondary N) is 1. The summed E-state index contributed by atoms with van der Waals surface area (Å²) in [5.74, 6) is -0.0189. The lowest BCUT2D eigenvalue weighted by molar-refractivity contribution is 0.553. The van der Waals surface area contributed by atoms with Gasteiger partial charge in [0.25, 0.3) is 0 Å². The maximum Gasteiger partial charge on any atom is 0.124 e. The highest BCUT2D eigenvalue weighted by Gasteiger charge is 2.18. The molecule has 2 aromatic rings. The number of nitrogens with zero attached hydrogens (tertiary/aromatic N) is 1. The summed E-state index contributed by atoms with van der Waals surface area (Å²) in [4.78, 5) is 1.21. The normalized spacial score (nSPS) is 12.2. The average molecular weight is 274 g/mol. The minimum atomic E-state index is -0.390. The molecule has 19 heavy (non-hydrogen) atoms. The highest BCUT2D eigenvalue weighted by Crippen LogP contribution is 2.31. The van der Waals surface area contributed by atoms with Crippen molar-refractivity contribution in [1.29, 1.82) is 5.26 Å². The van der Waals surface area contributed by atoms with Gasteiger partial charge in [0.15, 0.2) is 0 Å². The minimum Gasteiger partial charge on any atom is -0.376 e. The summed E-state index contributed by atoms with van der Waals surface area (Å²) >= 11 is 1.68. The van der Waals surface area contributed by atoms with Crippen LogP contribution in [0.2, 0.25) is 0 Å². The predicted molar refractivity (Wildman–Crippen MR) is 76.6 cm³/mol. The molecule has 0 aliphatic heterocycles. The van der Waals surface area contributed by atoms with Crippen LogP contribution in [0.1, 0.15) is 30.3 Å². The fraction of sp³-hybridized carbons (Fsp3) is 0.267. The van der Waals surface area contributed by atoms with Crippen LogP contribution >= 0.6 is 11.3 Å². The molecule has 0 spiro atoms. The topological polar surface area (TPSA) is 35.8 Å². The molecule has 2 rings (SSSR count). The Kier molecular flexibility index (Phi) is 4.18. The molecule has 98 valence electrons. The second-order valence-corrected chi connectivity index (χ2v) is 5.66. The third kappa shape index (κ3) is 3.12. The van der Waals surface area contributed by atoms with Gasteiger partial charge in [0.2, 0.25) is 0 Å². The summed E-state index contributed by atoms with van der Waals surface area (Å²) in [7, 11) is 0. The van der Waals surface area contributed by atoms with Crippen molar-refractivity contribution in [2.24, 2.45) is 5.92 Å². The number of benzene rings is 1. The molecule has 0 saturated carbocycles. The summed E-state index contributed by atoms with van der Waals surface area (Å²) in [6.07, 6.45) is 0. The number of rotatable bonds is 4. The Labute approximate surface area is 116 Å². The maximum absolute atomic E-state index is 13.1. The van der Waals surface area contributed by atoms with E-state index in [1.807, 2.05) is 17.5 Å². The minimum absolute atomic E-state index is 0.123. The zero-order chi connectivity index (χ0) is 13.8. The molecule has 0 radical (unpaired) electrons. The van der Waals surface area contributed by atoms with Crippen LogP contribution in [-0.2, 0) is 0 Å². The molecule has 2 nitrogen and oxygen atoms in total. The Morgan fingerprint density at radius 2 is 2.11 bits per heavy atom. The molecule has 1 aromatic carbocycles. The van der Waals surface area contributed by atoms with Crippen LogP contribution in [0.5, 0.6) is 0 Å². The van der Waals surface area contributed by atoms with Crippen LogP contribution in [0.25, 0.3) is 0 Å². The van der Waals surface area contributed by atoms with Gasteiger partial charge in [-0.05, 0) is 35.6 Å². The van der Waals surface area contributed by atoms with Gasteiger partial charge in [0, 0.05) is 4.88 Å². The molecule has 1 unspecified atom stereocenters. The first-order valence-electron chi connectivity index (χ1n) is 6.11. The van der Waals surface area contributed by atoms with Crippen molar-refractivity contribution < 1.29 is 4.39 Å². The average Bonchev–Trinajstić information content (AvgIpc) is 2.90. The van der Waals surface area contributed by atoms with E-state index in [1.165, 1.54) is 17.0 Å². The molecule has 0 amide bonds. The van der Waals surface area contributed by atoms with Crippen LogP contribution in [0, 0.1) is 23.1 Å². The van der Waals surface area contributed by atoms with Gasteiger partial charge in [0.05, 0.1) is 17.3 Å². The van der Waals surface area contributed by atoms with Crippen molar-refractivity contribution in [3.05, 3.63) is 52.0 Å². The number of anilines is 1. The van der Waals surface area contributed by atoms with E-state index in [0.717, 1.165) is 0 Å². The van der Waals surface area contributed by atoms with Crippen molar-refractivity contribution >= 4 is 17.0 Å². The van der Waals surface area contributed by atoms with Gasteiger partial charge < -0.3 is 5.32 Å². The maximum atomic E-state index is 13.1. The van der Waals surface area contributed by atoms with Crippen molar-refractivity contribution in [2.75, 3.05) is 5.32 Å². The molecule has 0 aliphatic rings. The number of hydrogen-bond acceptors (Lipinski definition) is 3. The second kappa shape index (κ2) is 5.85. The monoisotopic (exact) mass is 274 g/mol. The smallest absolute Gasteiger partial charge is 0.124 e. The summed E-state index contributed by atoms with van der Waals surface area (Å²) in [5.41, 5.74) is 1.01. The molecular weight excluding hydrogens is 259 g/mol. The van der Waals surface area contributed by atoms with Gasteiger partial charge in [-0.3, -0.25) is 0 Å². The van der Waals surface area contributed by atoms with Crippen LogP contribution in [-0.4, -0.2) is 0 Å². The van der Waals surface area contributed by atoms with Gasteiger partial charge in [-0.1, -0.05) is 19.9 Å². The lowest BCUT2D eigenvalue weighted by Crippen LogP contribution is -2.16. The van der Waals surface area contributed by atoms with Crippen LogP contribution in [0.4, 0.5) is 10.1 Å². The molecular formula is C15H15FN2S. The predicted octanol–water partition coefficient (Wildman–Crippen LogP) is 4.57. The molecule has 1 heterocycles. The lowest BCUT2D eigenvalue weighted by Gasteiger charge is -2.23. The van der Waals surface area contributed by atoms with Crippen molar-refractivity contribution in [1.82, 2.24) is 0 Å². The zero-order valence-electron chi connectivity index (χ0n) is 10.9. The molecule has 0 aliphatic carbocycles. The van der Waals surface area contributed by atoms with Gasteiger partial charge >= 0.3 is 0 Å². The van der Waals surface area contributed by atoms with Crippen LogP contribution in [0.3, 0.4) is 0 Å². The first kappa shape index (κ1) is 13.6. The summed E-state index contributed by atoms with van der Waals surface area (Å²) in [6.45, 7) is 4.24. The van der Waals surface area contributed by atoms with E-state index < -0.39 is 0 Å². The summed E-state index contributed by atoms with van der Waals surface area (Å²) < 4.78 is 13.1. The first-order valence-corrected chi connectivity index (χ1v) is 6.99. The highest BCUT2D eigenvalue weighted by molar-refractivity contribution is 7.10. The van der Waals surface area contributed by atoms with Crippen molar-refractivity contribution in [2.45, 2.75) is 19.9 Å². The molecule has 1 aromatic heterocycles. The second-order valence-electron chi connectivity index (χ2n) is 4.68. The number of halogens is 1. The Morgan fingerprint density at radius 1 is 1.32 bits per heavy atom. The fourth-order valence-electron chi connectivity index (χ4n) is 1.94. The number of thiophene rings is 1. The molecule has 0 fully saturated rings. The van der Waals surface area contributed by atoms with Gasteiger partial charge in [-0.25, -0.2) is 4.39 Å². The number of nitriles is 1. The molecule has 0 bridgehead atoms. The Hall–Kier alpha value is -1.86. The Bertz CT molecular complexity index is 585. The van der Waals surface area contributed by atoms with Gasteiger partial charge in [0.1, 0.15) is 11.9 Å². The third-order valence-corrected chi connectivity index (χ3v) is 3.88. The van der Waals surface area contributed by atoms with Gasteiger partial charge in [-0.15, -0.1) is 11.3 Å². The molecule has 4 heteroatoms. The fourth-order valence-corrected chi connectivity index (χ4v) is 2.89. The van der Waals surface area contributed by atoms with Crippen molar-refractivity contribution in [3.8, 4) is 6.07 Å². The lowest BCUT2D eigenvalue weighted by atomic mass is 10.0. The molecule has 0 saturated heterocycles. The molecule has 1 N–H and O–H groups in total. The third-order valence-electron chi connectivity index (χ3n) is 2.93. The van der Waals surface area contributed by atoms with Crippen LogP contribution in [0.15, 0.2) is 35.7 Å². The SMILES string of the molecule is CC(C)C(Nc1ccc(F)cc1C#N)c1cccs1. The van der Waals surface area contributed by atoms with Gasteiger partial charge in [-0.2, -0.15) is 5.26 Å². The quantitative estimate of drug-likeness (QED) is 0.886. The Morgan fingerprint density at radius 3 is 2.68 bits per heavy atom. The summed E-state index contributed by atoms with van der Waals surface area (Å²) in [6, 6.07) is 10.5. The summed E-state index contributed by atoms with van der Waals surface area (Å²) in [5, 5.41) is 14.4. The van der Waals surface area contributed by atoms with E-state index in [0.29, 0.717) is 17.2 Å². The Balaban J connectivity index is 2.31. The largest absolute Gasteiger partial charge is 0.376 e. The van der Waals surface area contributed by atoms with E-state index in [9.17, 15) is 4.39 Å². The first-order chi connectivity index (χ1) is 9.11. The highest BCUT2D eigenvalue weighted by atomic mass is 32.1. The van der Waals surface area contributed by atoms with E-state index in [2.05, 4.69) is 25.2 Å². The van der Waals surface area contributed by atoms with Crippen molar-refractivity contribution in [3.63, 3.8) is 0 Å². The molecule has 1 atom stereocenters. The standard InChI is InChI=1S/C15H15FN2S/c1-10(2)15(14-4-3-7-19-14)18-13-6-5-12(16)8-11(13)9-17/h3-8,10,15,18H,1-2H3. The van der Waals surface area contributed by atoms with E-state index in [4.69, 9.17) is 5.26 Å². The number of hydrogen-bond donors (Lipinski definition) is 1.